The van der Waals surface area contributed by atoms with Crippen LogP contribution in [0.25, 0.3) is 11.4 Å². The normalized spacial score (nSPS) is 12.2. The van der Waals surface area contributed by atoms with Crippen LogP contribution in [0.5, 0.6) is 0 Å². The van der Waals surface area contributed by atoms with E-state index in [1.54, 1.807) is 0 Å². The average Bonchev–Trinajstić information content (AvgIpc) is 2.96. The van der Waals surface area contributed by atoms with E-state index in [0.29, 0.717) is 5.56 Å². The lowest BCUT2D eigenvalue weighted by molar-refractivity contribution is 0.0994. The van der Waals surface area contributed by atoms with Crippen LogP contribution in [-0.4, -0.2) is 25.8 Å². The molecular formula is C19H18BrN3OS. The van der Waals surface area contributed by atoms with Crippen molar-refractivity contribution in [3.05, 3.63) is 64.1 Å². The van der Waals surface area contributed by atoms with Gasteiger partial charge in [0.1, 0.15) is 0 Å². The van der Waals surface area contributed by atoms with Gasteiger partial charge in [0.15, 0.2) is 16.8 Å². The Kier molecular flexibility index (Phi) is 5.39. The third kappa shape index (κ3) is 4.02. The number of nitrogens with zero attached hydrogens (tertiary/aromatic N) is 3. The van der Waals surface area contributed by atoms with Crippen molar-refractivity contribution in [1.29, 1.82) is 0 Å². The van der Waals surface area contributed by atoms with Gasteiger partial charge < -0.3 is 4.57 Å². The van der Waals surface area contributed by atoms with Crippen LogP contribution in [0.3, 0.4) is 0 Å². The van der Waals surface area contributed by atoms with Crippen LogP contribution in [0.15, 0.2) is 58.2 Å². The summed E-state index contributed by atoms with van der Waals surface area (Å²) in [6.07, 6.45) is 0. The molecule has 3 rings (SSSR count). The number of thioether (sulfide) groups is 1. The third-order valence-corrected chi connectivity index (χ3v) is 5.59. The molecule has 1 heterocycles. The van der Waals surface area contributed by atoms with E-state index >= 15 is 0 Å². The van der Waals surface area contributed by atoms with E-state index in [0.717, 1.165) is 21.0 Å². The predicted molar refractivity (Wildman–Crippen MR) is 105 cm³/mol. The lowest BCUT2D eigenvalue weighted by Crippen LogP contribution is -2.14. The van der Waals surface area contributed by atoms with Gasteiger partial charge in [-0.3, -0.25) is 4.79 Å². The number of carbonyl (C=O) groups excluding carboxylic acids is 1. The van der Waals surface area contributed by atoms with Gasteiger partial charge in [-0.05, 0) is 26.0 Å². The summed E-state index contributed by atoms with van der Waals surface area (Å²) in [5.41, 5.74) is 2.91. The summed E-state index contributed by atoms with van der Waals surface area (Å²) in [5, 5.41) is 9.04. The van der Waals surface area contributed by atoms with E-state index in [1.165, 1.54) is 17.3 Å². The molecule has 0 amide bonds. The monoisotopic (exact) mass is 415 g/mol. The van der Waals surface area contributed by atoms with Crippen molar-refractivity contribution in [2.24, 2.45) is 7.05 Å². The van der Waals surface area contributed by atoms with Crippen LogP contribution in [0.2, 0.25) is 0 Å². The van der Waals surface area contributed by atoms with Gasteiger partial charge in [0.05, 0.1) is 5.25 Å². The van der Waals surface area contributed by atoms with Crippen LogP contribution in [-0.2, 0) is 7.05 Å². The van der Waals surface area contributed by atoms with Gasteiger partial charge in [0.2, 0.25) is 0 Å². The first-order chi connectivity index (χ1) is 12.0. The molecule has 0 N–H and O–H groups in total. The third-order valence-electron chi connectivity index (χ3n) is 3.92. The highest BCUT2D eigenvalue weighted by Gasteiger charge is 2.20. The quantitative estimate of drug-likeness (QED) is 0.438. The number of benzene rings is 2. The first kappa shape index (κ1) is 17.9. The van der Waals surface area contributed by atoms with Crippen molar-refractivity contribution in [2.45, 2.75) is 24.3 Å². The second-order valence-corrected chi connectivity index (χ2v) is 8.09. The Morgan fingerprint density at radius 1 is 1.08 bits per heavy atom. The molecule has 0 fully saturated rings. The van der Waals surface area contributed by atoms with Gasteiger partial charge in [-0.15, -0.1) is 10.2 Å². The summed E-state index contributed by atoms with van der Waals surface area (Å²) in [7, 11) is 1.92. The maximum Gasteiger partial charge on any atom is 0.191 e. The maximum atomic E-state index is 12.6. The zero-order valence-electron chi connectivity index (χ0n) is 14.2. The van der Waals surface area contributed by atoms with Gasteiger partial charge in [0, 0.05) is 22.6 Å². The average molecular weight is 416 g/mol. The summed E-state index contributed by atoms with van der Waals surface area (Å²) in [5.74, 6) is 0.878. The van der Waals surface area contributed by atoms with Crippen LogP contribution in [0.4, 0.5) is 0 Å². The Hall–Kier alpha value is -1.92. The van der Waals surface area contributed by atoms with Crippen molar-refractivity contribution in [2.75, 3.05) is 0 Å². The van der Waals surface area contributed by atoms with E-state index in [2.05, 4.69) is 45.2 Å². The van der Waals surface area contributed by atoms with E-state index in [-0.39, 0.29) is 11.0 Å². The largest absolute Gasteiger partial charge is 0.305 e. The molecule has 2 aromatic carbocycles. The SMILES string of the molecule is Cc1ccc(-c2nnc(S[C@H](C)C(=O)c3ccc(Br)cc3)n2C)cc1. The fourth-order valence-corrected chi connectivity index (χ4v) is 3.59. The van der Waals surface area contributed by atoms with E-state index in [4.69, 9.17) is 0 Å². The number of carbonyl (C=O) groups is 1. The second-order valence-electron chi connectivity index (χ2n) is 5.86. The molecule has 0 spiro atoms. The molecule has 3 aromatic rings. The van der Waals surface area contributed by atoms with Gasteiger partial charge in [-0.2, -0.15) is 0 Å². The zero-order valence-corrected chi connectivity index (χ0v) is 16.6. The Balaban J connectivity index is 1.78. The topological polar surface area (TPSA) is 47.8 Å². The second kappa shape index (κ2) is 7.54. The summed E-state index contributed by atoms with van der Waals surface area (Å²) in [6, 6.07) is 15.6. The molecule has 6 heteroatoms. The molecule has 0 aliphatic carbocycles. The molecule has 0 aliphatic heterocycles. The molecule has 0 aliphatic rings. The number of hydrogen-bond acceptors (Lipinski definition) is 4. The Morgan fingerprint density at radius 3 is 2.36 bits per heavy atom. The molecule has 25 heavy (non-hydrogen) atoms. The highest BCUT2D eigenvalue weighted by molar-refractivity contribution is 9.10. The molecule has 4 nitrogen and oxygen atoms in total. The van der Waals surface area contributed by atoms with Crippen molar-refractivity contribution < 1.29 is 4.79 Å². The standard InChI is InChI=1S/C19H18BrN3OS/c1-12-4-6-15(7-5-12)18-21-22-19(23(18)3)25-13(2)17(24)14-8-10-16(20)11-9-14/h4-11,13H,1-3H3/t13-/m1/s1. The Bertz CT molecular complexity index is 888. The van der Waals surface area contributed by atoms with Gasteiger partial charge >= 0.3 is 0 Å². The molecule has 0 saturated carbocycles. The minimum Gasteiger partial charge on any atom is -0.305 e. The molecule has 0 saturated heterocycles. The molecule has 0 bridgehead atoms. The van der Waals surface area contributed by atoms with Crippen molar-refractivity contribution >= 4 is 33.5 Å². The predicted octanol–water partition coefficient (Wildman–Crippen LogP) is 4.92. The minimum absolute atomic E-state index is 0.0809. The summed E-state index contributed by atoms with van der Waals surface area (Å²) < 4.78 is 2.89. The van der Waals surface area contributed by atoms with Gasteiger partial charge in [-0.25, -0.2) is 0 Å². The number of aryl methyl sites for hydroxylation is 1. The molecule has 0 unspecified atom stereocenters. The number of hydrogen-bond donors (Lipinski definition) is 0. The smallest absolute Gasteiger partial charge is 0.191 e. The van der Waals surface area contributed by atoms with Gasteiger partial charge in [0.25, 0.3) is 0 Å². The van der Waals surface area contributed by atoms with Crippen LogP contribution >= 0.6 is 27.7 Å². The fourth-order valence-electron chi connectivity index (χ4n) is 2.43. The number of ketones is 1. The highest BCUT2D eigenvalue weighted by Crippen LogP contribution is 2.27. The molecule has 0 radical (unpaired) electrons. The lowest BCUT2D eigenvalue weighted by Gasteiger charge is -2.10. The maximum absolute atomic E-state index is 12.6. The van der Waals surface area contributed by atoms with E-state index in [1.807, 2.05) is 54.9 Å². The van der Waals surface area contributed by atoms with Crippen molar-refractivity contribution in [3.8, 4) is 11.4 Å². The number of rotatable bonds is 5. The van der Waals surface area contributed by atoms with Crippen LogP contribution < -0.4 is 0 Å². The molecular weight excluding hydrogens is 398 g/mol. The van der Waals surface area contributed by atoms with Crippen molar-refractivity contribution in [1.82, 2.24) is 14.8 Å². The van der Waals surface area contributed by atoms with Crippen LogP contribution in [0.1, 0.15) is 22.8 Å². The van der Waals surface area contributed by atoms with Crippen molar-refractivity contribution in [3.63, 3.8) is 0 Å². The summed E-state index contributed by atoms with van der Waals surface area (Å²) in [6.45, 7) is 3.95. The Morgan fingerprint density at radius 2 is 1.72 bits per heavy atom. The summed E-state index contributed by atoms with van der Waals surface area (Å²) in [4.78, 5) is 12.6. The Labute approximate surface area is 159 Å². The minimum atomic E-state index is -0.241. The molecule has 1 atom stereocenters. The lowest BCUT2D eigenvalue weighted by atomic mass is 10.1. The number of aromatic nitrogens is 3. The fraction of sp³-hybridized carbons (Fsp3) is 0.211. The number of halogens is 1. The molecule has 1 aromatic heterocycles. The first-order valence-electron chi connectivity index (χ1n) is 7.88. The number of Topliss-reactive ketones (excluding diaryl/α,β-unsaturated/α-hetero) is 1. The van der Waals surface area contributed by atoms with E-state index < -0.39 is 0 Å². The zero-order chi connectivity index (χ0) is 18.0. The van der Waals surface area contributed by atoms with Crippen LogP contribution in [0, 0.1) is 6.92 Å². The highest BCUT2D eigenvalue weighted by atomic mass is 79.9. The summed E-state index contributed by atoms with van der Waals surface area (Å²) >= 11 is 4.81. The molecule has 128 valence electrons. The first-order valence-corrected chi connectivity index (χ1v) is 9.56. The van der Waals surface area contributed by atoms with Gasteiger partial charge in [-0.1, -0.05) is 69.7 Å². The van der Waals surface area contributed by atoms with E-state index in [9.17, 15) is 4.79 Å².